The van der Waals surface area contributed by atoms with Gasteiger partial charge in [-0.15, -0.1) is 0 Å². The van der Waals surface area contributed by atoms with Crippen LogP contribution in [-0.4, -0.2) is 27.3 Å². The molecule has 1 N–H and O–H groups in total. The van der Waals surface area contributed by atoms with E-state index < -0.39 is 0 Å². The topological polar surface area (TPSA) is 56.8 Å². The average molecular weight is 400 g/mol. The minimum absolute atomic E-state index is 0.0389. The number of para-hydroxylation sites is 1. The van der Waals surface area contributed by atoms with Gasteiger partial charge in [-0.3, -0.25) is 0 Å². The van der Waals surface area contributed by atoms with E-state index in [0.29, 0.717) is 22.1 Å². The van der Waals surface area contributed by atoms with Crippen LogP contribution in [0.2, 0.25) is 5.02 Å². The van der Waals surface area contributed by atoms with Crippen molar-refractivity contribution >= 4 is 23.3 Å². The van der Waals surface area contributed by atoms with Gasteiger partial charge in [0, 0.05) is 11.5 Å². The lowest BCUT2D eigenvalue weighted by Crippen LogP contribution is -2.31. The SMILES string of the molecule is COC(=O)c1ccc(Cl)c2c1[C@@H]1C=CC[C@H]1[C@@H](c1cccc(OC)c1OC)N2. The Balaban J connectivity index is 1.88. The molecule has 0 radical (unpaired) electrons. The Kier molecular flexibility index (Phi) is 4.94. The maximum Gasteiger partial charge on any atom is 0.338 e. The number of rotatable bonds is 4. The summed E-state index contributed by atoms with van der Waals surface area (Å²) in [7, 11) is 4.67. The van der Waals surface area contributed by atoms with Crippen LogP contribution in [0, 0.1) is 5.92 Å². The van der Waals surface area contributed by atoms with E-state index in [1.165, 1.54) is 7.11 Å². The fourth-order valence-corrected chi connectivity index (χ4v) is 4.65. The fourth-order valence-electron chi connectivity index (χ4n) is 4.43. The van der Waals surface area contributed by atoms with Gasteiger partial charge in [-0.05, 0) is 36.1 Å². The third-order valence-electron chi connectivity index (χ3n) is 5.64. The zero-order valence-corrected chi connectivity index (χ0v) is 16.7. The zero-order chi connectivity index (χ0) is 19.8. The quantitative estimate of drug-likeness (QED) is 0.581. The van der Waals surface area contributed by atoms with Gasteiger partial charge in [0.2, 0.25) is 0 Å². The van der Waals surface area contributed by atoms with Gasteiger partial charge in [0.15, 0.2) is 11.5 Å². The number of hydrogen-bond acceptors (Lipinski definition) is 5. The van der Waals surface area contributed by atoms with E-state index in [9.17, 15) is 4.79 Å². The first kappa shape index (κ1) is 18.7. The van der Waals surface area contributed by atoms with Gasteiger partial charge in [-0.25, -0.2) is 4.79 Å². The second-order valence-electron chi connectivity index (χ2n) is 6.93. The second-order valence-corrected chi connectivity index (χ2v) is 7.34. The molecule has 0 amide bonds. The summed E-state index contributed by atoms with van der Waals surface area (Å²) in [4.78, 5) is 12.4. The van der Waals surface area contributed by atoms with Crippen molar-refractivity contribution in [3.05, 3.63) is 64.2 Å². The van der Waals surface area contributed by atoms with Crippen molar-refractivity contribution in [1.82, 2.24) is 0 Å². The van der Waals surface area contributed by atoms with Crippen LogP contribution < -0.4 is 14.8 Å². The number of anilines is 1. The molecule has 2 aromatic rings. The summed E-state index contributed by atoms with van der Waals surface area (Å²) in [5.74, 6) is 1.31. The van der Waals surface area contributed by atoms with Crippen molar-refractivity contribution in [2.24, 2.45) is 5.92 Å². The first-order valence-electron chi connectivity index (χ1n) is 9.15. The third kappa shape index (κ3) is 2.81. The minimum Gasteiger partial charge on any atom is -0.493 e. The van der Waals surface area contributed by atoms with Crippen LogP contribution in [0.25, 0.3) is 0 Å². The molecule has 6 heteroatoms. The predicted molar refractivity (Wildman–Crippen MR) is 109 cm³/mol. The largest absolute Gasteiger partial charge is 0.493 e. The number of nitrogens with one attached hydrogen (secondary N) is 1. The first-order chi connectivity index (χ1) is 13.6. The monoisotopic (exact) mass is 399 g/mol. The average Bonchev–Trinajstić information content (AvgIpc) is 3.22. The van der Waals surface area contributed by atoms with Crippen LogP contribution in [0.1, 0.15) is 39.9 Å². The standard InChI is InChI=1S/C22H22ClNO4/c1-26-17-9-5-8-15(21(17)27-2)19-13-7-4-6-12(13)18-14(22(25)28-3)10-11-16(23)20(18)24-19/h4-6,8-13,19,24H,7H2,1-3H3/t12-,13-,19+/m1/s1. The fraction of sp³-hybridized carbons (Fsp3) is 0.318. The molecule has 28 heavy (non-hydrogen) atoms. The number of hydrogen-bond donors (Lipinski definition) is 1. The summed E-state index contributed by atoms with van der Waals surface area (Å²) in [6.07, 6.45) is 5.20. The molecule has 0 unspecified atom stereocenters. The molecule has 0 aromatic heterocycles. The van der Waals surface area contributed by atoms with Crippen molar-refractivity contribution in [2.45, 2.75) is 18.4 Å². The van der Waals surface area contributed by atoms with Crippen LogP contribution in [0.15, 0.2) is 42.5 Å². The maximum absolute atomic E-state index is 12.4. The molecule has 0 fully saturated rings. The molecule has 0 spiro atoms. The lowest BCUT2D eigenvalue weighted by Gasteiger charge is -2.39. The van der Waals surface area contributed by atoms with Crippen molar-refractivity contribution in [3.8, 4) is 11.5 Å². The van der Waals surface area contributed by atoms with Gasteiger partial charge < -0.3 is 19.5 Å². The predicted octanol–water partition coefficient (Wildman–Crippen LogP) is 4.97. The molecule has 1 heterocycles. The van der Waals surface area contributed by atoms with Gasteiger partial charge >= 0.3 is 5.97 Å². The van der Waals surface area contributed by atoms with Gasteiger partial charge in [0.25, 0.3) is 0 Å². The number of halogens is 1. The number of fused-ring (bicyclic) bond motifs is 3. The van der Waals surface area contributed by atoms with Crippen molar-refractivity contribution in [2.75, 3.05) is 26.6 Å². The van der Waals surface area contributed by atoms with E-state index in [1.54, 1.807) is 26.4 Å². The van der Waals surface area contributed by atoms with Gasteiger partial charge in [-0.2, -0.15) is 0 Å². The van der Waals surface area contributed by atoms with Gasteiger partial charge in [-0.1, -0.05) is 35.9 Å². The molecule has 1 aliphatic carbocycles. The van der Waals surface area contributed by atoms with E-state index >= 15 is 0 Å². The van der Waals surface area contributed by atoms with Crippen LogP contribution in [0.5, 0.6) is 11.5 Å². The Morgan fingerprint density at radius 2 is 1.96 bits per heavy atom. The molecule has 2 aromatic carbocycles. The summed E-state index contributed by atoms with van der Waals surface area (Å²) in [5.41, 5.74) is 3.22. The summed E-state index contributed by atoms with van der Waals surface area (Å²) in [6, 6.07) is 9.31. The van der Waals surface area contributed by atoms with Crippen LogP contribution in [0.3, 0.4) is 0 Å². The molecule has 0 saturated heterocycles. The molecule has 146 valence electrons. The molecule has 4 rings (SSSR count). The lowest BCUT2D eigenvalue weighted by molar-refractivity contribution is 0.0598. The number of ether oxygens (including phenoxy) is 3. The Morgan fingerprint density at radius 3 is 2.68 bits per heavy atom. The van der Waals surface area contributed by atoms with Crippen LogP contribution >= 0.6 is 11.6 Å². The lowest BCUT2D eigenvalue weighted by atomic mass is 9.75. The molecule has 1 aliphatic heterocycles. The maximum atomic E-state index is 12.4. The van der Waals surface area contributed by atoms with Gasteiger partial charge in [0.05, 0.1) is 43.6 Å². The normalized spacial score (nSPS) is 22.1. The number of benzene rings is 2. The van der Waals surface area contributed by atoms with Crippen molar-refractivity contribution in [1.29, 1.82) is 0 Å². The Hall–Kier alpha value is -2.66. The molecular formula is C22H22ClNO4. The highest BCUT2D eigenvalue weighted by Gasteiger charge is 2.42. The van der Waals surface area contributed by atoms with Crippen molar-refractivity contribution < 1.29 is 19.0 Å². The summed E-state index contributed by atoms with van der Waals surface area (Å²) in [6.45, 7) is 0. The highest BCUT2D eigenvalue weighted by molar-refractivity contribution is 6.33. The molecule has 2 aliphatic rings. The van der Waals surface area contributed by atoms with E-state index in [0.717, 1.165) is 23.2 Å². The first-order valence-corrected chi connectivity index (χ1v) is 9.53. The summed E-state index contributed by atoms with van der Waals surface area (Å²) in [5, 5.41) is 4.16. The highest BCUT2D eigenvalue weighted by atomic mass is 35.5. The van der Waals surface area contributed by atoms with Gasteiger partial charge in [0.1, 0.15) is 0 Å². The van der Waals surface area contributed by atoms with E-state index in [-0.39, 0.29) is 23.8 Å². The van der Waals surface area contributed by atoms with Crippen molar-refractivity contribution in [3.63, 3.8) is 0 Å². The molecule has 0 bridgehead atoms. The Bertz CT molecular complexity index is 956. The molecular weight excluding hydrogens is 378 g/mol. The van der Waals surface area contributed by atoms with Crippen LogP contribution in [-0.2, 0) is 4.74 Å². The van der Waals surface area contributed by atoms with E-state index in [4.69, 9.17) is 25.8 Å². The highest BCUT2D eigenvalue weighted by Crippen LogP contribution is 2.54. The number of esters is 1. The summed E-state index contributed by atoms with van der Waals surface area (Å²) >= 11 is 6.54. The third-order valence-corrected chi connectivity index (χ3v) is 5.96. The van der Waals surface area contributed by atoms with Crippen LogP contribution in [0.4, 0.5) is 5.69 Å². The molecule has 0 saturated carbocycles. The Morgan fingerprint density at radius 1 is 1.14 bits per heavy atom. The van der Waals surface area contributed by atoms with E-state index in [2.05, 4.69) is 17.5 Å². The molecule has 5 nitrogen and oxygen atoms in total. The number of methoxy groups -OCH3 is 3. The van der Waals surface area contributed by atoms with E-state index in [1.807, 2.05) is 18.2 Å². The molecule has 3 atom stereocenters. The number of carbonyl (C=O) groups is 1. The second kappa shape index (κ2) is 7.40. The smallest absolute Gasteiger partial charge is 0.338 e. The number of carbonyl (C=O) groups excluding carboxylic acids is 1. The summed E-state index contributed by atoms with van der Waals surface area (Å²) < 4.78 is 16.2. The zero-order valence-electron chi connectivity index (χ0n) is 16.0. The Labute approximate surface area is 169 Å². The minimum atomic E-state index is -0.355. The number of allylic oxidation sites excluding steroid dienone is 2.